The normalized spacial score (nSPS) is 11.0. The summed E-state index contributed by atoms with van der Waals surface area (Å²) >= 11 is 1.58. The number of benzene rings is 1. The lowest BCUT2D eigenvalue weighted by molar-refractivity contribution is 0.432. The molecule has 3 aromatic heterocycles. The van der Waals surface area contributed by atoms with Crippen LogP contribution in [0.5, 0.6) is 0 Å². The van der Waals surface area contributed by atoms with Crippen molar-refractivity contribution in [3.8, 4) is 11.3 Å². The van der Waals surface area contributed by atoms with Crippen molar-refractivity contribution in [3.63, 3.8) is 0 Å². The number of nitrogens with zero attached hydrogens (tertiary/aromatic N) is 6. The molecule has 0 radical (unpaired) electrons. The summed E-state index contributed by atoms with van der Waals surface area (Å²) in [6, 6.07) is 9.95. The van der Waals surface area contributed by atoms with Crippen molar-refractivity contribution in [2.24, 2.45) is 4.99 Å². The Labute approximate surface area is 179 Å². The van der Waals surface area contributed by atoms with Crippen LogP contribution in [-0.4, -0.2) is 45.0 Å². The Morgan fingerprint density at radius 2 is 2.03 bits per heavy atom. The summed E-state index contributed by atoms with van der Waals surface area (Å²) in [4.78, 5) is 14.9. The van der Waals surface area contributed by atoms with Crippen LogP contribution in [0.3, 0.4) is 0 Å². The molecule has 4 aromatic rings. The van der Waals surface area contributed by atoms with Crippen LogP contribution in [0.15, 0.2) is 53.6 Å². The van der Waals surface area contributed by atoms with E-state index in [1.807, 2.05) is 42.1 Å². The first-order chi connectivity index (χ1) is 14.5. The number of thiophene rings is 1. The van der Waals surface area contributed by atoms with Crippen LogP contribution in [0.4, 0.5) is 10.8 Å². The number of nitrogens with two attached hydrogens (primary N) is 1. The molecule has 3 heterocycles. The molecule has 152 valence electrons. The van der Waals surface area contributed by atoms with Gasteiger partial charge in [-0.15, -0.1) is 11.3 Å². The molecular weight excluding hydrogens is 394 g/mol. The lowest BCUT2D eigenvalue weighted by Gasteiger charge is -2.22. The van der Waals surface area contributed by atoms with Gasteiger partial charge in [0.2, 0.25) is 0 Å². The maximum absolute atomic E-state index is 6.18. The van der Waals surface area contributed by atoms with Crippen LogP contribution in [0.1, 0.15) is 11.1 Å². The van der Waals surface area contributed by atoms with Crippen LogP contribution in [-0.2, 0) is 6.54 Å². The monoisotopic (exact) mass is 417 g/mol. The average Bonchev–Trinajstić information content (AvgIpc) is 3.33. The first-order valence-electron chi connectivity index (χ1n) is 9.49. The second kappa shape index (κ2) is 8.08. The summed E-state index contributed by atoms with van der Waals surface area (Å²) in [6.45, 7) is 11.3. The fraction of sp³-hybridized carbons (Fsp3) is 0.182. The van der Waals surface area contributed by atoms with E-state index >= 15 is 0 Å². The molecule has 0 unspecified atom stereocenters. The Morgan fingerprint density at radius 3 is 2.77 bits per heavy atom. The van der Waals surface area contributed by atoms with Gasteiger partial charge >= 0.3 is 0 Å². The third kappa shape index (κ3) is 3.46. The van der Waals surface area contributed by atoms with Gasteiger partial charge in [0, 0.05) is 30.4 Å². The predicted molar refractivity (Wildman–Crippen MR) is 125 cm³/mol. The number of fused-ring (bicyclic) bond motifs is 1. The third-order valence-electron chi connectivity index (χ3n) is 5.10. The molecule has 1 aromatic carbocycles. The fourth-order valence-electron chi connectivity index (χ4n) is 3.45. The molecule has 0 bridgehead atoms. The first-order valence-corrected chi connectivity index (χ1v) is 10.4. The second-order valence-electron chi connectivity index (χ2n) is 7.02. The smallest absolute Gasteiger partial charge is 0.164 e. The molecule has 0 spiro atoms. The summed E-state index contributed by atoms with van der Waals surface area (Å²) in [5.74, 6) is 0.429. The molecule has 0 saturated heterocycles. The Kier molecular flexibility index (Phi) is 5.33. The number of nitrogen functional groups attached to an aromatic ring is 1. The third-order valence-corrected chi connectivity index (χ3v) is 6.13. The van der Waals surface area contributed by atoms with Crippen molar-refractivity contribution in [2.45, 2.75) is 13.5 Å². The maximum atomic E-state index is 6.18. The minimum absolute atomic E-state index is 0.429. The highest BCUT2D eigenvalue weighted by molar-refractivity contribution is 7.14. The lowest BCUT2D eigenvalue weighted by Crippen LogP contribution is -2.22. The fourth-order valence-corrected chi connectivity index (χ4v) is 4.33. The van der Waals surface area contributed by atoms with Crippen molar-refractivity contribution >= 4 is 45.6 Å². The van der Waals surface area contributed by atoms with Gasteiger partial charge < -0.3 is 10.6 Å². The zero-order valence-electron chi connectivity index (χ0n) is 17.0. The van der Waals surface area contributed by atoms with Crippen LogP contribution in [0, 0.1) is 6.92 Å². The summed E-state index contributed by atoms with van der Waals surface area (Å²) in [7, 11) is 2.01. The van der Waals surface area contributed by atoms with Gasteiger partial charge in [0.25, 0.3) is 0 Å². The molecule has 2 N–H and O–H groups in total. The number of aromatic nitrogens is 4. The minimum atomic E-state index is 0.429. The van der Waals surface area contributed by atoms with Gasteiger partial charge in [-0.05, 0) is 24.6 Å². The Hall–Kier alpha value is -3.52. The molecule has 4 rings (SSSR count). The van der Waals surface area contributed by atoms with Crippen LogP contribution >= 0.6 is 11.3 Å². The van der Waals surface area contributed by atoms with Crippen molar-refractivity contribution in [2.75, 3.05) is 19.3 Å². The summed E-state index contributed by atoms with van der Waals surface area (Å²) in [5.41, 5.74) is 11.8. The van der Waals surface area contributed by atoms with E-state index in [0.717, 1.165) is 44.1 Å². The molecule has 30 heavy (non-hydrogen) atoms. The van der Waals surface area contributed by atoms with Gasteiger partial charge in [-0.1, -0.05) is 36.9 Å². The van der Waals surface area contributed by atoms with E-state index in [4.69, 9.17) is 10.8 Å². The van der Waals surface area contributed by atoms with Gasteiger partial charge in [0.05, 0.1) is 11.9 Å². The topological polar surface area (TPSA) is 85.2 Å². The highest BCUT2D eigenvalue weighted by Gasteiger charge is 2.18. The van der Waals surface area contributed by atoms with Crippen molar-refractivity contribution < 1.29 is 0 Å². The van der Waals surface area contributed by atoms with E-state index in [2.05, 4.69) is 45.5 Å². The van der Waals surface area contributed by atoms with Crippen LogP contribution < -0.4 is 5.73 Å². The predicted octanol–water partition coefficient (Wildman–Crippen LogP) is 4.38. The summed E-state index contributed by atoms with van der Waals surface area (Å²) < 4.78 is 1.88. The van der Waals surface area contributed by atoms with E-state index in [-0.39, 0.29) is 0 Å². The largest absolute Gasteiger partial charge is 0.383 e. The molecule has 0 atom stereocenters. The maximum Gasteiger partial charge on any atom is 0.164 e. The van der Waals surface area contributed by atoms with Gasteiger partial charge in [0.1, 0.15) is 22.8 Å². The Bertz CT molecular complexity index is 1220. The van der Waals surface area contributed by atoms with E-state index in [0.29, 0.717) is 18.9 Å². The zero-order valence-corrected chi connectivity index (χ0v) is 17.9. The number of rotatable bonds is 7. The van der Waals surface area contributed by atoms with Crippen molar-refractivity contribution in [1.29, 1.82) is 0 Å². The van der Waals surface area contributed by atoms with Gasteiger partial charge in [0.15, 0.2) is 5.65 Å². The zero-order chi connectivity index (χ0) is 21.3. The van der Waals surface area contributed by atoms with Crippen LogP contribution in [0.2, 0.25) is 0 Å². The SMILES string of the molecule is C=Nc1scc(C)c1C(=C)N(C)CCn1nc(-c2ccccc2)c2c(N)ncnc21. The van der Waals surface area contributed by atoms with Gasteiger partial charge in [-0.3, -0.25) is 4.99 Å². The molecule has 0 aliphatic carbocycles. The quantitative estimate of drug-likeness (QED) is 0.451. The Balaban J connectivity index is 1.63. The van der Waals surface area contributed by atoms with Gasteiger partial charge in [-0.25, -0.2) is 14.6 Å². The number of likely N-dealkylation sites (N-methyl/N-ethyl adjacent to an activating group) is 1. The molecule has 0 fully saturated rings. The summed E-state index contributed by atoms with van der Waals surface area (Å²) in [6.07, 6.45) is 1.48. The van der Waals surface area contributed by atoms with Crippen molar-refractivity contribution in [3.05, 3.63) is 59.7 Å². The highest BCUT2D eigenvalue weighted by atomic mass is 32.1. The van der Waals surface area contributed by atoms with E-state index in [1.54, 1.807) is 11.3 Å². The van der Waals surface area contributed by atoms with Crippen molar-refractivity contribution in [1.82, 2.24) is 24.6 Å². The molecule has 0 aliphatic rings. The molecule has 0 amide bonds. The van der Waals surface area contributed by atoms with E-state index in [9.17, 15) is 0 Å². The number of aliphatic imine (C=N–C) groups is 1. The highest BCUT2D eigenvalue weighted by Crippen LogP contribution is 2.36. The minimum Gasteiger partial charge on any atom is -0.383 e. The average molecular weight is 418 g/mol. The second-order valence-corrected chi connectivity index (χ2v) is 7.88. The molecule has 7 nitrogen and oxygen atoms in total. The van der Waals surface area contributed by atoms with Crippen LogP contribution in [0.25, 0.3) is 28.0 Å². The van der Waals surface area contributed by atoms with Gasteiger partial charge in [-0.2, -0.15) is 5.10 Å². The number of hydrogen-bond acceptors (Lipinski definition) is 7. The standard InChI is InChI=1S/C22H23N7S/c1-14-12-30-22(24-3)17(14)15(2)28(4)10-11-29-21-18(20(23)25-13-26-21)19(27-29)16-8-6-5-7-9-16/h5-9,12-13H,2-3,10-11H2,1,4H3,(H2,23,25,26). The molecule has 0 saturated carbocycles. The Morgan fingerprint density at radius 1 is 1.27 bits per heavy atom. The summed E-state index contributed by atoms with van der Waals surface area (Å²) in [5, 5.41) is 8.56. The molecule has 0 aliphatic heterocycles. The number of aryl methyl sites for hydroxylation is 1. The first kappa shape index (κ1) is 19.8. The lowest BCUT2D eigenvalue weighted by atomic mass is 10.1. The number of hydrogen-bond donors (Lipinski definition) is 1. The molecule has 8 heteroatoms. The number of anilines is 1. The van der Waals surface area contributed by atoms with E-state index < -0.39 is 0 Å². The van der Waals surface area contributed by atoms with E-state index in [1.165, 1.54) is 6.33 Å². The molecular formula is C22H23N7S.